The molecule has 1 aromatic carbocycles. The molecule has 1 heterocycles. The first-order valence-electron chi connectivity index (χ1n) is 4.47. The Bertz CT molecular complexity index is 476. The quantitative estimate of drug-likeness (QED) is 0.603. The molecule has 3 N–H and O–H groups in total. The number of benzene rings is 1. The van der Waals surface area contributed by atoms with E-state index in [1.165, 1.54) is 6.07 Å². The summed E-state index contributed by atoms with van der Waals surface area (Å²) in [5.41, 5.74) is 1.37. The minimum atomic E-state index is -4.40. The lowest BCUT2D eigenvalue weighted by molar-refractivity contribution is -0.118. The van der Waals surface area contributed by atoms with Crippen LogP contribution in [0.5, 0.6) is 5.75 Å². The molecule has 0 saturated heterocycles. The Morgan fingerprint density at radius 2 is 2.12 bits per heavy atom. The van der Waals surface area contributed by atoms with Crippen molar-refractivity contribution in [2.45, 2.75) is 10.4 Å². The van der Waals surface area contributed by atoms with Gasteiger partial charge in [0.2, 0.25) is 0 Å². The highest BCUT2D eigenvalue weighted by Crippen LogP contribution is 2.43. The Kier molecular flexibility index (Phi) is 2.82. The van der Waals surface area contributed by atoms with Crippen LogP contribution in [0.25, 0.3) is 0 Å². The van der Waals surface area contributed by atoms with Gasteiger partial charge in [-0.25, -0.2) is 0 Å². The van der Waals surface area contributed by atoms with Crippen LogP contribution < -0.4 is 15.8 Å². The largest absolute Gasteiger partial charge is 0.479 e. The number of amides is 1. The number of thioether (sulfide) groups is 1. The molecule has 1 aliphatic rings. The average Bonchev–Trinajstić information content (AvgIpc) is 2.13. The van der Waals surface area contributed by atoms with Crippen LogP contribution in [0.4, 0.5) is 24.5 Å². The number of nitrogens with one attached hydrogen (secondary N) is 1. The highest BCUT2D eigenvalue weighted by atomic mass is 32.2. The minimum Gasteiger partial charge on any atom is -0.479 e. The third-order valence-corrected chi connectivity index (χ3v) is 2.65. The molecule has 0 aromatic heterocycles. The van der Waals surface area contributed by atoms with E-state index < -0.39 is 11.4 Å². The molecule has 8 heteroatoms. The van der Waals surface area contributed by atoms with Gasteiger partial charge in [-0.2, -0.15) is 13.2 Å². The first-order chi connectivity index (χ1) is 7.85. The third-order valence-electron chi connectivity index (χ3n) is 1.95. The summed E-state index contributed by atoms with van der Waals surface area (Å²) in [5.74, 6) is -0.220. The van der Waals surface area contributed by atoms with E-state index in [0.717, 1.165) is 6.07 Å². The standard InChI is InChI=1S/C9H7F3N2O2S/c10-9(11,12)17-4-1-5(13)8-6(2-4)14-7(15)3-16-8/h1-2H,3,13H2,(H,14,15). The molecule has 0 atom stereocenters. The van der Waals surface area contributed by atoms with Crippen LogP contribution in [0.3, 0.4) is 0 Å². The highest BCUT2D eigenvalue weighted by Gasteiger charge is 2.30. The van der Waals surface area contributed by atoms with Crippen molar-refractivity contribution in [2.24, 2.45) is 0 Å². The summed E-state index contributed by atoms with van der Waals surface area (Å²) in [6, 6.07) is 2.34. The zero-order chi connectivity index (χ0) is 12.6. The second-order valence-corrected chi connectivity index (χ2v) is 4.41. The van der Waals surface area contributed by atoms with E-state index >= 15 is 0 Å². The summed E-state index contributed by atoms with van der Waals surface area (Å²) in [6.07, 6.45) is 0. The van der Waals surface area contributed by atoms with Crippen LogP contribution in [-0.4, -0.2) is 18.0 Å². The number of nitrogen functional groups attached to an aromatic ring is 1. The first-order valence-corrected chi connectivity index (χ1v) is 5.29. The Morgan fingerprint density at radius 1 is 1.41 bits per heavy atom. The Labute approximate surface area is 98.3 Å². The predicted molar refractivity (Wildman–Crippen MR) is 56.9 cm³/mol. The maximum atomic E-state index is 12.2. The lowest BCUT2D eigenvalue weighted by Gasteiger charge is -2.20. The van der Waals surface area contributed by atoms with E-state index in [9.17, 15) is 18.0 Å². The number of hydrogen-bond donors (Lipinski definition) is 2. The molecular weight excluding hydrogens is 257 g/mol. The Morgan fingerprint density at radius 3 is 2.76 bits per heavy atom. The van der Waals surface area contributed by atoms with Crippen molar-refractivity contribution in [1.29, 1.82) is 0 Å². The lowest BCUT2D eigenvalue weighted by Crippen LogP contribution is -2.26. The van der Waals surface area contributed by atoms with E-state index in [4.69, 9.17) is 10.5 Å². The number of ether oxygens (including phenoxy) is 1. The summed E-state index contributed by atoms with van der Waals surface area (Å²) in [6.45, 7) is -0.192. The number of rotatable bonds is 1. The van der Waals surface area contributed by atoms with Gasteiger partial charge in [-0.15, -0.1) is 0 Å². The van der Waals surface area contributed by atoms with E-state index in [2.05, 4.69) is 5.32 Å². The number of carbonyl (C=O) groups excluding carboxylic acids is 1. The molecule has 1 amide bonds. The van der Waals surface area contributed by atoms with Crippen LogP contribution in [0.2, 0.25) is 0 Å². The summed E-state index contributed by atoms with van der Waals surface area (Å²) in [4.78, 5) is 10.9. The van der Waals surface area contributed by atoms with Gasteiger partial charge >= 0.3 is 5.51 Å². The van der Waals surface area contributed by atoms with Gasteiger partial charge in [-0.1, -0.05) is 0 Å². The molecule has 1 aliphatic heterocycles. The van der Waals surface area contributed by atoms with Crippen molar-refractivity contribution in [3.8, 4) is 5.75 Å². The molecule has 2 rings (SSSR count). The number of hydrogen-bond acceptors (Lipinski definition) is 4. The van der Waals surface area contributed by atoms with E-state index in [0.29, 0.717) is 0 Å². The average molecular weight is 264 g/mol. The maximum absolute atomic E-state index is 12.2. The van der Waals surface area contributed by atoms with Gasteiger partial charge in [0.05, 0.1) is 11.4 Å². The smallest absolute Gasteiger partial charge is 0.446 e. The Balaban J connectivity index is 2.35. The second kappa shape index (κ2) is 4.02. The normalized spacial score (nSPS) is 14.9. The number of anilines is 2. The van der Waals surface area contributed by atoms with Crippen LogP contribution in [0, 0.1) is 0 Å². The molecule has 17 heavy (non-hydrogen) atoms. The van der Waals surface area contributed by atoms with Gasteiger partial charge in [-0.3, -0.25) is 4.79 Å². The van der Waals surface area contributed by atoms with Gasteiger partial charge in [0, 0.05) is 4.90 Å². The van der Waals surface area contributed by atoms with Crippen LogP contribution in [-0.2, 0) is 4.79 Å². The molecule has 1 aromatic rings. The number of fused-ring (bicyclic) bond motifs is 1. The van der Waals surface area contributed by atoms with Crippen molar-refractivity contribution in [1.82, 2.24) is 0 Å². The van der Waals surface area contributed by atoms with Gasteiger partial charge in [-0.05, 0) is 23.9 Å². The van der Waals surface area contributed by atoms with E-state index in [1.807, 2.05) is 0 Å². The molecule has 0 spiro atoms. The maximum Gasteiger partial charge on any atom is 0.446 e. The molecule has 0 fully saturated rings. The summed E-state index contributed by atoms with van der Waals surface area (Å²) < 4.78 is 41.6. The minimum absolute atomic E-state index is 0.0641. The monoisotopic (exact) mass is 264 g/mol. The molecule has 92 valence electrons. The topological polar surface area (TPSA) is 64.3 Å². The molecular formula is C9H7F3N2O2S. The van der Waals surface area contributed by atoms with Crippen LogP contribution in [0.15, 0.2) is 17.0 Å². The number of carbonyl (C=O) groups is 1. The second-order valence-electron chi connectivity index (χ2n) is 3.27. The van der Waals surface area contributed by atoms with Gasteiger partial charge in [0.15, 0.2) is 12.4 Å². The zero-order valence-electron chi connectivity index (χ0n) is 8.30. The summed E-state index contributed by atoms with van der Waals surface area (Å²) >= 11 is -0.298. The number of alkyl halides is 3. The number of nitrogens with two attached hydrogens (primary N) is 1. The number of halogens is 3. The van der Waals surface area contributed by atoms with Gasteiger partial charge in [0.1, 0.15) is 0 Å². The first kappa shape index (κ1) is 11.9. The van der Waals surface area contributed by atoms with Gasteiger partial charge in [0.25, 0.3) is 5.91 Å². The van der Waals surface area contributed by atoms with E-state index in [-0.39, 0.29) is 40.4 Å². The summed E-state index contributed by atoms with van der Waals surface area (Å²) in [5, 5.41) is 2.40. The fourth-order valence-electron chi connectivity index (χ4n) is 1.39. The molecule has 0 saturated carbocycles. The van der Waals surface area contributed by atoms with Crippen LogP contribution >= 0.6 is 11.8 Å². The molecule has 4 nitrogen and oxygen atoms in total. The van der Waals surface area contributed by atoms with E-state index in [1.54, 1.807) is 0 Å². The fourth-order valence-corrected chi connectivity index (χ4v) is 2.02. The summed E-state index contributed by atoms with van der Waals surface area (Å²) in [7, 11) is 0. The van der Waals surface area contributed by atoms with Crippen molar-refractivity contribution < 1.29 is 22.7 Å². The molecule has 0 bridgehead atoms. The highest BCUT2D eigenvalue weighted by molar-refractivity contribution is 8.00. The van der Waals surface area contributed by atoms with Crippen molar-refractivity contribution in [3.05, 3.63) is 12.1 Å². The van der Waals surface area contributed by atoms with Crippen LogP contribution in [0.1, 0.15) is 0 Å². The Hall–Kier alpha value is -1.57. The zero-order valence-corrected chi connectivity index (χ0v) is 9.11. The predicted octanol–water partition coefficient (Wildman–Crippen LogP) is 2.21. The SMILES string of the molecule is Nc1cc(SC(F)(F)F)cc2c1OCC(=O)N2. The van der Waals surface area contributed by atoms with Crippen molar-refractivity contribution in [3.63, 3.8) is 0 Å². The molecule has 0 unspecified atom stereocenters. The lowest BCUT2D eigenvalue weighted by atomic mass is 10.2. The van der Waals surface area contributed by atoms with Crippen molar-refractivity contribution in [2.75, 3.05) is 17.7 Å². The molecule has 0 radical (unpaired) electrons. The van der Waals surface area contributed by atoms with Gasteiger partial charge < -0.3 is 15.8 Å². The molecule has 0 aliphatic carbocycles. The third kappa shape index (κ3) is 2.76. The van der Waals surface area contributed by atoms with Crippen molar-refractivity contribution >= 4 is 29.0 Å². The fraction of sp³-hybridized carbons (Fsp3) is 0.222.